The van der Waals surface area contributed by atoms with Crippen molar-refractivity contribution in [3.05, 3.63) is 11.9 Å². The molecular weight excluding hydrogens is 235 g/mol. The van der Waals surface area contributed by atoms with Gasteiger partial charge in [0.25, 0.3) is 0 Å². The molecular formula is C18H35F. The van der Waals surface area contributed by atoms with Crippen molar-refractivity contribution in [1.82, 2.24) is 0 Å². The lowest BCUT2D eigenvalue weighted by molar-refractivity contribution is 0.529. The van der Waals surface area contributed by atoms with Gasteiger partial charge in [-0.25, -0.2) is 4.39 Å². The highest BCUT2D eigenvalue weighted by atomic mass is 19.1. The van der Waals surface area contributed by atoms with Crippen LogP contribution in [-0.2, 0) is 0 Å². The molecule has 0 atom stereocenters. The Morgan fingerprint density at radius 1 is 0.684 bits per heavy atom. The molecule has 0 unspecified atom stereocenters. The third kappa shape index (κ3) is 15.6. The van der Waals surface area contributed by atoms with Crippen molar-refractivity contribution in [1.29, 1.82) is 0 Å². The number of allylic oxidation sites excluding steroid dienone is 2. The maximum Gasteiger partial charge on any atom is 0.0959 e. The first-order chi connectivity index (χ1) is 9.31. The van der Waals surface area contributed by atoms with Gasteiger partial charge in [-0.1, -0.05) is 84.1 Å². The predicted octanol–water partition coefficient (Wildman–Crippen LogP) is 7.34. The lowest BCUT2D eigenvalue weighted by atomic mass is 10.1. The first-order valence-corrected chi connectivity index (χ1v) is 8.65. The Bertz CT molecular complexity index is 196. The summed E-state index contributed by atoms with van der Waals surface area (Å²) in [5.74, 6) is 0.127. The van der Waals surface area contributed by atoms with E-state index in [9.17, 15) is 4.39 Å². The van der Waals surface area contributed by atoms with Crippen molar-refractivity contribution < 1.29 is 4.39 Å². The second kappa shape index (κ2) is 15.7. The molecule has 0 aromatic heterocycles. The fraction of sp³-hybridized carbons (Fsp3) is 0.889. The summed E-state index contributed by atoms with van der Waals surface area (Å²) in [6.45, 7) is 4.45. The van der Waals surface area contributed by atoms with Crippen LogP contribution in [0.2, 0.25) is 0 Å². The minimum Gasteiger partial charge on any atom is -0.212 e. The van der Waals surface area contributed by atoms with Crippen LogP contribution in [-0.4, -0.2) is 0 Å². The smallest absolute Gasteiger partial charge is 0.0959 e. The minimum absolute atomic E-state index is 0.127. The zero-order valence-corrected chi connectivity index (χ0v) is 13.4. The van der Waals surface area contributed by atoms with Gasteiger partial charge in [-0.3, -0.25) is 0 Å². The van der Waals surface area contributed by atoms with Crippen molar-refractivity contribution in [3.63, 3.8) is 0 Å². The Hall–Kier alpha value is -0.330. The molecule has 0 heterocycles. The van der Waals surface area contributed by atoms with Crippen molar-refractivity contribution in [2.24, 2.45) is 0 Å². The quantitative estimate of drug-likeness (QED) is 0.290. The highest BCUT2D eigenvalue weighted by Crippen LogP contribution is 2.15. The number of rotatable bonds is 14. The monoisotopic (exact) mass is 270 g/mol. The second-order valence-corrected chi connectivity index (χ2v) is 5.73. The van der Waals surface area contributed by atoms with E-state index < -0.39 is 0 Å². The predicted molar refractivity (Wildman–Crippen MR) is 85.2 cm³/mol. The van der Waals surface area contributed by atoms with E-state index in [1.54, 1.807) is 0 Å². The van der Waals surface area contributed by atoms with Crippen LogP contribution in [0.5, 0.6) is 0 Å². The average Bonchev–Trinajstić information content (AvgIpc) is 2.41. The molecule has 0 fully saturated rings. The fourth-order valence-corrected chi connectivity index (χ4v) is 2.36. The first kappa shape index (κ1) is 18.7. The molecule has 0 aliphatic rings. The van der Waals surface area contributed by atoms with E-state index in [1.807, 2.05) is 6.08 Å². The average molecular weight is 270 g/mol. The van der Waals surface area contributed by atoms with Gasteiger partial charge in [-0.15, -0.1) is 0 Å². The molecule has 0 bridgehead atoms. The van der Waals surface area contributed by atoms with Gasteiger partial charge in [-0.05, 0) is 25.7 Å². The Morgan fingerprint density at radius 3 is 1.74 bits per heavy atom. The first-order valence-electron chi connectivity index (χ1n) is 8.65. The summed E-state index contributed by atoms with van der Waals surface area (Å²) in [7, 11) is 0. The molecule has 1 heteroatoms. The van der Waals surface area contributed by atoms with Gasteiger partial charge in [0, 0.05) is 0 Å². The highest BCUT2D eigenvalue weighted by molar-refractivity contribution is 4.91. The normalized spacial score (nSPS) is 12.1. The summed E-state index contributed by atoms with van der Waals surface area (Å²) in [4.78, 5) is 0. The van der Waals surface area contributed by atoms with Crippen LogP contribution in [0.4, 0.5) is 4.39 Å². The molecule has 0 radical (unpaired) electrons. The summed E-state index contributed by atoms with van der Waals surface area (Å²) >= 11 is 0. The molecule has 0 aliphatic heterocycles. The van der Waals surface area contributed by atoms with Crippen molar-refractivity contribution in [2.75, 3.05) is 0 Å². The molecule has 0 aromatic rings. The molecule has 0 saturated carbocycles. The molecule has 0 amide bonds. The van der Waals surface area contributed by atoms with E-state index in [2.05, 4.69) is 13.8 Å². The van der Waals surface area contributed by atoms with Crippen LogP contribution >= 0.6 is 0 Å². The standard InChI is InChI=1S/C18H35F/c1-3-5-7-9-10-11-13-15-17-18(19)16-14-12-8-6-4-2/h16H,3-15,17H2,1-2H3/b18-16-. The number of hydrogen-bond acceptors (Lipinski definition) is 0. The van der Waals surface area contributed by atoms with Crippen LogP contribution in [0.3, 0.4) is 0 Å². The summed E-state index contributed by atoms with van der Waals surface area (Å²) < 4.78 is 13.4. The van der Waals surface area contributed by atoms with Crippen LogP contribution in [0.1, 0.15) is 104 Å². The lowest BCUT2D eigenvalue weighted by Gasteiger charge is -2.01. The van der Waals surface area contributed by atoms with E-state index in [0.29, 0.717) is 6.42 Å². The summed E-state index contributed by atoms with van der Waals surface area (Å²) in [5, 5.41) is 0. The molecule has 0 aliphatic carbocycles. The van der Waals surface area contributed by atoms with Gasteiger partial charge in [0.15, 0.2) is 0 Å². The second-order valence-electron chi connectivity index (χ2n) is 5.73. The third-order valence-electron chi connectivity index (χ3n) is 3.69. The summed E-state index contributed by atoms with van der Waals surface area (Å²) in [6.07, 6.45) is 18.6. The molecule has 0 aromatic carbocycles. The molecule has 0 spiro atoms. The number of halogens is 1. The largest absolute Gasteiger partial charge is 0.212 e. The molecule has 114 valence electrons. The van der Waals surface area contributed by atoms with Crippen LogP contribution in [0.25, 0.3) is 0 Å². The molecule has 0 saturated heterocycles. The Labute approximate surface area is 120 Å². The van der Waals surface area contributed by atoms with Crippen LogP contribution < -0.4 is 0 Å². The molecule has 0 nitrogen and oxygen atoms in total. The van der Waals surface area contributed by atoms with Crippen LogP contribution in [0, 0.1) is 0 Å². The van der Waals surface area contributed by atoms with E-state index in [-0.39, 0.29) is 5.83 Å². The Morgan fingerprint density at radius 2 is 1.16 bits per heavy atom. The van der Waals surface area contributed by atoms with Gasteiger partial charge in [0.2, 0.25) is 0 Å². The molecule has 0 rings (SSSR count). The van der Waals surface area contributed by atoms with Crippen molar-refractivity contribution in [3.8, 4) is 0 Å². The van der Waals surface area contributed by atoms with Gasteiger partial charge in [0.1, 0.15) is 0 Å². The van der Waals surface area contributed by atoms with E-state index in [1.165, 1.54) is 64.2 Å². The lowest BCUT2D eigenvalue weighted by Crippen LogP contribution is -1.82. The minimum atomic E-state index is 0.127. The van der Waals surface area contributed by atoms with Gasteiger partial charge < -0.3 is 0 Å². The van der Waals surface area contributed by atoms with Gasteiger partial charge in [0.05, 0.1) is 5.83 Å². The summed E-state index contributed by atoms with van der Waals surface area (Å²) in [5.41, 5.74) is 0. The Kier molecular flexibility index (Phi) is 15.5. The molecule has 0 N–H and O–H groups in total. The van der Waals surface area contributed by atoms with Crippen LogP contribution in [0.15, 0.2) is 11.9 Å². The maximum absolute atomic E-state index is 13.4. The maximum atomic E-state index is 13.4. The number of hydrogen-bond donors (Lipinski definition) is 0. The number of unbranched alkanes of at least 4 members (excludes halogenated alkanes) is 11. The Balaban J connectivity index is 3.23. The van der Waals surface area contributed by atoms with Gasteiger partial charge in [-0.2, -0.15) is 0 Å². The zero-order valence-electron chi connectivity index (χ0n) is 13.4. The van der Waals surface area contributed by atoms with Gasteiger partial charge >= 0.3 is 0 Å². The zero-order chi connectivity index (χ0) is 14.2. The fourth-order valence-electron chi connectivity index (χ4n) is 2.36. The van der Waals surface area contributed by atoms with E-state index >= 15 is 0 Å². The third-order valence-corrected chi connectivity index (χ3v) is 3.69. The van der Waals surface area contributed by atoms with Crippen molar-refractivity contribution in [2.45, 2.75) is 104 Å². The van der Waals surface area contributed by atoms with E-state index in [4.69, 9.17) is 0 Å². The SMILES string of the molecule is CCCCCC/C=C(\F)CCCCCCCCCC. The summed E-state index contributed by atoms with van der Waals surface area (Å²) in [6, 6.07) is 0. The highest BCUT2D eigenvalue weighted by Gasteiger charge is 1.96. The van der Waals surface area contributed by atoms with E-state index in [0.717, 1.165) is 19.3 Å². The van der Waals surface area contributed by atoms with Crippen molar-refractivity contribution >= 4 is 0 Å². The molecule has 19 heavy (non-hydrogen) atoms. The topological polar surface area (TPSA) is 0 Å².